The summed E-state index contributed by atoms with van der Waals surface area (Å²) in [7, 11) is 0. The highest BCUT2D eigenvalue weighted by Crippen LogP contribution is 2.17. The van der Waals surface area contributed by atoms with Crippen LogP contribution in [0.5, 0.6) is 5.75 Å². The maximum Gasteiger partial charge on any atom is 0.347 e. The summed E-state index contributed by atoms with van der Waals surface area (Å²) in [5.74, 6) is 0.106. The minimum Gasteiger partial charge on any atom is -0.479 e. The molecule has 0 saturated carbocycles. The van der Waals surface area contributed by atoms with Crippen molar-refractivity contribution in [3.63, 3.8) is 0 Å². The van der Waals surface area contributed by atoms with Crippen LogP contribution in [0, 0.1) is 6.92 Å². The highest BCUT2D eigenvalue weighted by atomic mass is 35.5. The molecule has 1 amide bonds. The molecule has 8 heteroatoms. The number of amides is 1. The molecule has 7 nitrogen and oxygen atoms in total. The zero-order valence-corrected chi connectivity index (χ0v) is 13.3. The van der Waals surface area contributed by atoms with Crippen molar-refractivity contribution in [3.8, 4) is 5.75 Å². The molecule has 1 atom stereocenters. The predicted molar refractivity (Wildman–Crippen MR) is 82.4 cm³/mol. The van der Waals surface area contributed by atoms with Crippen LogP contribution in [-0.4, -0.2) is 29.7 Å². The quantitative estimate of drug-likeness (QED) is 0.814. The Balaban J connectivity index is 1.77. The second-order valence-electron chi connectivity index (χ2n) is 4.69. The highest BCUT2D eigenvalue weighted by Gasteiger charge is 2.18. The molecule has 23 heavy (non-hydrogen) atoms. The molecule has 0 fully saturated rings. The lowest BCUT2D eigenvalue weighted by Gasteiger charge is -2.13. The van der Waals surface area contributed by atoms with E-state index in [2.05, 4.69) is 10.5 Å². The number of benzene rings is 1. The first-order valence-corrected chi connectivity index (χ1v) is 7.14. The van der Waals surface area contributed by atoms with Crippen molar-refractivity contribution in [1.82, 2.24) is 5.16 Å². The van der Waals surface area contributed by atoms with E-state index in [0.29, 0.717) is 16.5 Å². The Kier molecular flexibility index (Phi) is 5.59. The largest absolute Gasteiger partial charge is 0.479 e. The monoisotopic (exact) mass is 338 g/mol. The number of esters is 1. The van der Waals surface area contributed by atoms with E-state index in [1.54, 1.807) is 37.3 Å². The molecule has 0 spiro atoms. The Hall–Kier alpha value is -2.54. The lowest BCUT2D eigenvalue weighted by molar-refractivity contribution is -0.153. The van der Waals surface area contributed by atoms with Gasteiger partial charge in [0.1, 0.15) is 11.5 Å². The van der Waals surface area contributed by atoms with Gasteiger partial charge in [0.15, 0.2) is 18.5 Å². The molecule has 2 rings (SSSR count). The number of carbonyl (C=O) groups is 2. The van der Waals surface area contributed by atoms with Crippen molar-refractivity contribution in [1.29, 1.82) is 0 Å². The molecule has 0 bridgehead atoms. The van der Waals surface area contributed by atoms with Crippen molar-refractivity contribution in [3.05, 3.63) is 41.1 Å². The summed E-state index contributed by atoms with van der Waals surface area (Å²) >= 11 is 5.76. The summed E-state index contributed by atoms with van der Waals surface area (Å²) in [5.41, 5.74) is 0. The third kappa shape index (κ3) is 5.30. The van der Waals surface area contributed by atoms with Crippen LogP contribution in [0.1, 0.15) is 12.7 Å². The Morgan fingerprint density at radius 3 is 2.65 bits per heavy atom. The molecular weight excluding hydrogens is 324 g/mol. The average molecular weight is 339 g/mol. The summed E-state index contributed by atoms with van der Waals surface area (Å²) in [6.07, 6.45) is -0.863. The Bertz CT molecular complexity index is 683. The van der Waals surface area contributed by atoms with E-state index in [1.165, 1.54) is 6.92 Å². The van der Waals surface area contributed by atoms with Gasteiger partial charge in [-0.1, -0.05) is 16.8 Å². The Morgan fingerprint density at radius 1 is 1.35 bits per heavy atom. The first-order chi connectivity index (χ1) is 10.9. The minimum atomic E-state index is -0.863. The SMILES string of the molecule is Cc1cc(NC(=O)COC(=O)[C@H](C)Oc2ccc(Cl)cc2)no1. The molecule has 2 aromatic rings. The minimum absolute atomic E-state index is 0.258. The Labute approximate surface area is 137 Å². The topological polar surface area (TPSA) is 90.7 Å². The van der Waals surface area contributed by atoms with Crippen LogP contribution in [0.2, 0.25) is 5.02 Å². The van der Waals surface area contributed by atoms with Crippen molar-refractivity contribution in [2.45, 2.75) is 20.0 Å². The molecule has 0 aliphatic heterocycles. The Morgan fingerprint density at radius 2 is 2.04 bits per heavy atom. The van der Waals surface area contributed by atoms with Gasteiger partial charge in [0.05, 0.1) is 0 Å². The first-order valence-electron chi connectivity index (χ1n) is 6.76. The van der Waals surface area contributed by atoms with Gasteiger partial charge < -0.3 is 19.3 Å². The molecule has 0 aliphatic rings. The van der Waals surface area contributed by atoms with Gasteiger partial charge in [0.2, 0.25) is 0 Å². The lowest BCUT2D eigenvalue weighted by atomic mass is 10.3. The summed E-state index contributed by atoms with van der Waals surface area (Å²) < 4.78 is 15.1. The number of nitrogens with zero attached hydrogens (tertiary/aromatic N) is 1. The van der Waals surface area contributed by atoms with Crippen LogP contribution in [0.15, 0.2) is 34.9 Å². The number of halogens is 1. The maximum atomic E-state index is 11.8. The summed E-state index contributed by atoms with van der Waals surface area (Å²) in [6, 6.07) is 8.09. The summed E-state index contributed by atoms with van der Waals surface area (Å²) in [5, 5.41) is 6.60. The number of nitrogens with one attached hydrogen (secondary N) is 1. The molecular formula is C15H15ClN2O5. The van der Waals surface area contributed by atoms with Gasteiger partial charge in [-0.3, -0.25) is 4.79 Å². The number of ether oxygens (including phenoxy) is 2. The van der Waals surface area contributed by atoms with Crippen LogP contribution < -0.4 is 10.1 Å². The van der Waals surface area contributed by atoms with E-state index in [0.717, 1.165) is 0 Å². The summed E-state index contributed by atoms with van der Waals surface area (Å²) in [4.78, 5) is 23.4. The van der Waals surface area contributed by atoms with Crippen LogP contribution in [-0.2, 0) is 14.3 Å². The number of rotatable bonds is 6. The number of hydrogen-bond acceptors (Lipinski definition) is 6. The van der Waals surface area contributed by atoms with Gasteiger partial charge in [-0.25, -0.2) is 4.79 Å². The summed E-state index contributed by atoms with van der Waals surface area (Å²) in [6.45, 7) is 2.77. The number of anilines is 1. The second kappa shape index (κ2) is 7.64. The van der Waals surface area contributed by atoms with Crippen LogP contribution in [0.4, 0.5) is 5.82 Å². The van der Waals surface area contributed by atoms with Gasteiger partial charge in [0.25, 0.3) is 5.91 Å². The van der Waals surface area contributed by atoms with E-state index < -0.39 is 24.6 Å². The molecule has 0 aliphatic carbocycles. The van der Waals surface area contributed by atoms with E-state index >= 15 is 0 Å². The van der Waals surface area contributed by atoms with Crippen molar-refractivity contribution in [2.24, 2.45) is 0 Å². The van der Waals surface area contributed by atoms with Gasteiger partial charge in [-0.15, -0.1) is 0 Å². The predicted octanol–water partition coefficient (Wildman–Crippen LogP) is 2.59. The molecule has 1 heterocycles. The van der Waals surface area contributed by atoms with Crippen LogP contribution in [0.25, 0.3) is 0 Å². The molecule has 0 unspecified atom stereocenters. The van der Waals surface area contributed by atoms with Gasteiger partial charge in [-0.05, 0) is 38.1 Å². The van der Waals surface area contributed by atoms with E-state index in [-0.39, 0.29) is 5.82 Å². The van der Waals surface area contributed by atoms with Gasteiger partial charge in [-0.2, -0.15) is 0 Å². The van der Waals surface area contributed by atoms with Crippen LogP contribution in [0.3, 0.4) is 0 Å². The molecule has 0 saturated heterocycles. The lowest BCUT2D eigenvalue weighted by Crippen LogP contribution is -2.29. The molecule has 1 N–H and O–H groups in total. The van der Waals surface area contributed by atoms with E-state index in [1.807, 2.05) is 0 Å². The van der Waals surface area contributed by atoms with Crippen molar-refractivity contribution < 1.29 is 23.6 Å². The van der Waals surface area contributed by atoms with Gasteiger partial charge in [0, 0.05) is 11.1 Å². The standard InChI is InChI=1S/C15H15ClN2O5/c1-9-7-13(18-23-9)17-14(19)8-21-15(20)10(2)22-12-5-3-11(16)4-6-12/h3-7,10H,8H2,1-2H3,(H,17,18,19)/t10-/m0/s1. The molecule has 0 radical (unpaired) electrons. The molecule has 122 valence electrons. The zero-order valence-electron chi connectivity index (χ0n) is 12.5. The fraction of sp³-hybridized carbons (Fsp3) is 0.267. The smallest absolute Gasteiger partial charge is 0.347 e. The van der Waals surface area contributed by atoms with E-state index in [9.17, 15) is 9.59 Å². The number of aryl methyl sites for hydroxylation is 1. The highest BCUT2D eigenvalue weighted by molar-refractivity contribution is 6.30. The number of carbonyl (C=O) groups excluding carboxylic acids is 2. The average Bonchev–Trinajstić information content (AvgIpc) is 2.92. The normalized spacial score (nSPS) is 11.6. The number of aromatic nitrogens is 1. The van der Waals surface area contributed by atoms with Crippen molar-refractivity contribution in [2.75, 3.05) is 11.9 Å². The zero-order chi connectivity index (χ0) is 16.8. The fourth-order valence-corrected chi connectivity index (χ4v) is 1.75. The third-order valence-electron chi connectivity index (χ3n) is 2.70. The molecule has 1 aromatic carbocycles. The number of hydrogen-bond donors (Lipinski definition) is 1. The maximum absolute atomic E-state index is 11.8. The van der Waals surface area contributed by atoms with Crippen LogP contribution >= 0.6 is 11.6 Å². The molecule has 1 aromatic heterocycles. The van der Waals surface area contributed by atoms with Gasteiger partial charge >= 0.3 is 5.97 Å². The fourth-order valence-electron chi connectivity index (χ4n) is 1.62. The van der Waals surface area contributed by atoms with Crippen molar-refractivity contribution >= 4 is 29.3 Å². The van der Waals surface area contributed by atoms with E-state index in [4.69, 9.17) is 25.6 Å². The first kappa shape index (κ1) is 16.8. The third-order valence-corrected chi connectivity index (χ3v) is 2.95. The second-order valence-corrected chi connectivity index (χ2v) is 5.13.